The predicted octanol–water partition coefficient (Wildman–Crippen LogP) is 1.45. The lowest BCUT2D eigenvalue weighted by atomic mass is 10.1. The monoisotopic (exact) mass is 218 g/mol. The average Bonchev–Trinajstić information content (AvgIpc) is 2.51. The average molecular weight is 218 g/mol. The van der Waals surface area contributed by atoms with Crippen molar-refractivity contribution in [2.75, 3.05) is 5.88 Å². The van der Waals surface area contributed by atoms with Crippen LogP contribution < -0.4 is 0 Å². The molecule has 1 heterocycles. The molecule has 0 saturated carbocycles. The van der Waals surface area contributed by atoms with E-state index in [0.717, 1.165) is 16.7 Å². The molecule has 1 aromatic rings. The lowest BCUT2D eigenvalue weighted by molar-refractivity contribution is 0.0684. The standard InChI is InChI=1S/C10H6N2O2S/c11-5-15-6-12-9(13)7-3-1-2-4-8(7)10(12)14/h1-4H,6H2. The van der Waals surface area contributed by atoms with E-state index in [9.17, 15) is 9.59 Å². The molecular weight excluding hydrogens is 212 g/mol. The first-order valence-corrected chi connectivity index (χ1v) is 5.20. The molecule has 15 heavy (non-hydrogen) atoms. The minimum atomic E-state index is -0.321. The quantitative estimate of drug-likeness (QED) is 0.557. The molecule has 5 heteroatoms. The van der Waals surface area contributed by atoms with Crippen molar-refractivity contribution < 1.29 is 9.59 Å². The van der Waals surface area contributed by atoms with Crippen molar-refractivity contribution in [2.45, 2.75) is 0 Å². The normalized spacial score (nSPS) is 13.9. The van der Waals surface area contributed by atoms with E-state index in [1.807, 2.05) is 5.40 Å². The first kappa shape index (κ1) is 9.74. The number of benzene rings is 1. The fourth-order valence-corrected chi connectivity index (χ4v) is 1.87. The van der Waals surface area contributed by atoms with Crippen molar-refractivity contribution in [1.82, 2.24) is 4.90 Å². The van der Waals surface area contributed by atoms with Crippen LogP contribution in [0.15, 0.2) is 24.3 Å². The van der Waals surface area contributed by atoms with Crippen LogP contribution in [0.4, 0.5) is 0 Å². The lowest BCUT2D eigenvalue weighted by Crippen LogP contribution is -2.28. The lowest BCUT2D eigenvalue weighted by Gasteiger charge is -2.09. The van der Waals surface area contributed by atoms with Crippen LogP contribution in [0.1, 0.15) is 20.7 Å². The third kappa shape index (κ3) is 1.49. The smallest absolute Gasteiger partial charge is 0.262 e. The molecule has 0 bridgehead atoms. The van der Waals surface area contributed by atoms with Crippen LogP contribution in [0.3, 0.4) is 0 Å². The van der Waals surface area contributed by atoms with Gasteiger partial charge in [0.1, 0.15) is 5.40 Å². The first-order chi connectivity index (χ1) is 7.25. The van der Waals surface area contributed by atoms with Crippen molar-refractivity contribution >= 4 is 23.6 Å². The zero-order valence-corrected chi connectivity index (χ0v) is 8.45. The maximum Gasteiger partial charge on any atom is 0.262 e. The van der Waals surface area contributed by atoms with Gasteiger partial charge in [-0.2, -0.15) is 5.26 Å². The molecule has 0 saturated heterocycles. The number of nitriles is 1. The number of thioether (sulfide) groups is 1. The molecule has 74 valence electrons. The van der Waals surface area contributed by atoms with E-state index in [0.29, 0.717) is 11.1 Å². The number of hydrogen-bond acceptors (Lipinski definition) is 4. The number of rotatable bonds is 2. The SMILES string of the molecule is N#CSCN1C(=O)c2ccccc2C1=O. The third-order valence-corrected chi connectivity index (χ3v) is 2.65. The topological polar surface area (TPSA) is 61.2 Å². The van der Waals surface area contributed by atoms with E-state index in [4.69, 9.17) is 5.26 Å². The van der Waals surface area contributed by atoms with Gasteiger partial charge in [-0.15, -0.1) is 0 Å². The molecule has 4 nitrogen and oxygen atoms in total. The maximum atomic E-state index is 11.7. The summed E-state index contributed by atoms with van der Waals surface area (Å²) in [5.41, 5.74) is 0.835. The van der Waals surface area contributed by atoms with Crippen LogP contribution in [-0.4, -0.2) is 22.6 Å². The van der Waals surface area contributed by atoms with Crippen molar-refractivity contribution in [2.24, 2.45) is 0 Å². The molecule has 1 aliphatic rings. The summed E-state index contributed by atoms with van der Waals surface area (Å²) in [5, 5.41) is 10.2. The summed E-state index contributed by atoms with van der Waals surface area (Å²) in [6.45, 7) is 0. The van der Waals surface area contributed by atoms with Gasteiger partial charge in [-0.3, -0.25) is 14.5 Å². The molecule has 0 radical (unpaired) electrons. The van der Waals surface area contributed by atoms with E-state index in [-0.39, 0.29) is 17.7 Å². The molecule has 0 fully saturated rings. The van der Waals surface area contributed by atoms with Gasteiger partial charge in [0.15, 0.2) is 0 Å². The van der Waals surface area contributed by atoms with Crippen LogP contribution in [0.5, 0.6) is 0 Å². The number of carbonyl (C=O) groups is 2. The van der Waals surface area contributed by atoms with Gasteiger partial charge in [-0.25, -0.2) is 0 Å². The van der Waals surface area contributed by atoms with E-state index in [2.05, 4.69) is 0 Å². The number of nitrogens with zero attached hydrogens (tertiary/aromatic N) is 2. The Morgan fingerprint density at radius 2 is 1.73 bits per heavy atom. The summed E-state index contributed by atoms with van der Waals surface area (Å²) in [4.78, 5) is 24.5. The molecule has 0 aromatic heterocycles. The molecule has 2 amide bonds. The Balaban J connectivity index is 2.34. The molecule has 0 spiro atoms. The second-order valence-corrected chi connectivity index (χ2v) is 3.68. The van der Waals surface area contributed by atoms with Crippen LogP contribution in [0, 0.1) is 10.7 Å². The summed E-state index contributed by atoms with van der Waals surface area (Å²) in [7, 11) is 0. The number of thiocyanates is 1. The van der Waals surface area contributed by atoms with Crippen molar-refractivity contribution in [3.63, 3.8) is 0 Å². The minimum absolute atomic E-state index is 0.0862. The zero-order valence-electron chi connectivity index (χ0n) is 7.64. The third-order valence-electron chi connectivity index (χ3n) is 2.14. The van der Waals surface area contributed by atoms with Gasteiger partial charge in [-0.1, -0.05) is 12.1 Å². The fraction of sp³-hybridized carbons (Fsp3) is 0.100. The summed E-state index contributed by atoms with van der Waals surface area (Å²) >= 11 is 0.873. The van der Waals surface area contributed by atoms with Gasteiger partial charge in [0.25, 0.3) is 11.8 Å². The van der Waals surface area contributed by atoms with Crippen molar-refractivity contribution in [3.8, 4) is 5.40 Å². The van der Waals surface area contributed by atoms with Crippen molar-refractivity contribution in [3.05, 3.63) is 35.4 Å². The summed E-state index contributed by atoms with van der Waals surface area (Å²) in [6.07, 6.45) is 0. The Hall–Kier alpha value is -1.80. The van der Waals surface area contributed by atoms with Gasteiger partial charge in [0, 0.05) is 0 Å². The van der Waals surface area contributed by atoms with Crippen LogP contribution in [-0.2, 0) is 0 Å². The number of amides is 2. The van der Waals surface area contributed by atoms with E-state index < -0.39 is 0 Å². The Morgan fingerprint density at radius 1 is 1.20 bits per heavy atom. The Morgan fingerprint density at radius 3 is 2.20 bits per heavy atom. The van der Waals surface area contributed by atoms with E-state index >= 15 is 0 Å². The van der Waals surface area contributed by atoms with Crippen LogP contribution >= 0.6 is 11.8 Å². The molecule has 0 N–H and O–H groups in total. The van der Waals surface area contributed by atoms with Gasteiger partial charge in [0.05, 0.1) is 17.0 Å². The number of carbonyl (C=O) groups excluding carboxylic acids is 2. The highest BCUT2D eigenvalue weighted by atomic mass is 32.2. The Bertz CT molecular complexity index is 444. The molecular formula is C10H6N2O2S. The van der Waals surface area contributed by atoms with Gasteiger partial charge in [0.2, 0.25) is 0 Å². The largest absolute Gasteiger partial charge is 0.269 e. The molecule has 0 atom stereocenters. The number of imide groups is 1. The van der Waals surface area contributed by atoms with E-state index in [1.54, 1.807) is 24.3 Å². The number of hydrogen-bond donors (Lipinski definition) is 0. The molecule has 2 rings (SSSR count). The van der Waals surface area contributed by atoms with Gasteiger partial charge >= 0.3 is 0 Å². The minimum Gasteiger partial charge on any atom is -0.269 e. The van der Waals surface area contributed by atoms with Crippen LogP contribution in [0.2, 0.25) is 0 Å². The van der Waals surface area contributed by atoms with Gasteiger partial charge < -0.3 is 0 Å². The summed E-state index contributed by atoms with van der Waals surface area (Å²) < 4.78 is 0. The maximum absolute atomic E-state index is 11.7. The molecule has 0 unspecified atom stereocenters. The fourth-order valence-electron chi connectivity index (χ4n) is 1.45. The highest BCUT2D eigenvalue weighted by molar-refractivity contribution is 8.03. The van der Waals surface area contributed by atoms with Crippen LogP contribution in [0.25, 0.3) is 0 Å². The summed E-state index contributed by atoms with van der Waals surface area (Å²) in [6, 6.07) is 6.66. The highest BCUT2D eigenvalue weighted by Crippen LogP contribution is 2.23. The zero-order chi connectivity index (χ0) is 10.8. The Kier molecular flexibility index (Phi) is 2.44. The first-order valence-electron chi connectivity index (χ1n) is 4.22. The second-order valence-electron chi connectivity index (χ2n) is 2.95. The molecule has 1 aromatic carbocycles. The highest BCUT2D eigenvalue weighted by Gasteiger charge is 2.34. The van der Waals surface area contributed by atoms with E-state index in [1.165, 1.54) is 0 Å². The summed E-state index contributed by atoms with van der Waals surface area (Å²) in [5.74, 6) is -0.556. The molecule has 1 aliphatic heterocycles. The van der Waals surface area contributed by atoms with Gasteiger partial charge in [-0.05, 0) is 23.9 Å². The number of fused-ring (bicyclic) bond motifs is 1. The predicted molar refractivity (Wildman–Crippen MR) is 55.0 cm³/mol. The second kappa shape index (κ2) is 3.75. The Labute approximate surface area is 90.5 Å². The molecule has 0 aliphatic carbocycles. The van der Waals surface area contributed by atoms with Crippen molar-refractivity contribution in [1.29, 1.82) is 5.26 Å².